The largest absolute Gasteiger partial charge is 0.454 e. The lowest BCUT2D eigenvalue weighted by molar-refractivity contribution is 0.174. The Morgan fingerprint density at radius 1 is 1.32 bits per heavy atom. The second kappa shape index (κ2) is 6.26. The maximum atomic E-state index is 5.60. The van der Waals surface area contributed by atoms with Gasteiger partial charge >= 0.3 is 0 Å². The monoisotopic (exact) mass is 264 g/mol. The van der Waals surface area contributed by atoms with E-state index >= 15 is 0 Å². The number of ether oxygens (including phenoxy) is 2. The quantitative estimate of drug-likeness (QED) is 0.853. The van der Waals surface area contributed by atoms with Crippen molar-refractivity contribution in [3.63, 3.8) is 0 Å². The molecule has 4 heteroatoms. The zero-order chi connectivity index (χ0) is 13.8. The molecule has 4 nitrogen and oxygen atoms in total. The molecule has 0 aromatic heterocycles. The van der Waals surface area contributed by atoms with E-state index in [9.17, 15) is 0 Å². The Labute approximate surface area is 115 Å². The zero-order valence-electron chi connectivity index (χ0n) is 12.1. The van der Waals surface area contributed by atoms with Gasteiger partial charge in [0.1, 0.15) is 0 Å². The molecule has 1 unspecified atom stereocenters. The lowest BCUT2D eigenvalue weighted by Crippen LogP contribution is -2.32. The Balaban J connectivity index is 1.96. The molecule has 0 bridgehead atoms. The van der Waals surface area contributed by atoms with E-state index in [4.69, 9.17) is 15.2 Å². The van der Waals surface area contributed by atoms with Crippen LogP contribution in [-0.2, 0) is 6.42 Å². The molecule has 0 radical (unpaired) electrons. The van der Waals surface area contributed by atoms with Crippen LogP contribution in [0.15, 0.2) is 12.1 Å². The first-order chi connectivity index (χ1) is 9.11. The molecule has 1 aromatic rings. The molecule has 0 aliphatic carbocycles. The lowest BCUT2D eigenvalue weighted by atomic mass is 10.0. The van der Waals surface area contributed by atoms with Crippen molar-refractivity contribution < 1.29 is 9.47 Å². The first-order valence-electron chi connectivity index (χ1n) is 6.91. The van der Waals surface area contributed by atoms with Gasteiger partial charge in [0.15, 0.2) is 11.5 Å². The average Bonchev–Trinajstić information content (AvgIpc) is 2.82. The highest BCUT2D eigenvalue weighted by atomic mass is 16.7. The first kappa shape index (κ1) is 14.2. The molecule has 106 valence electrons. The zero-order valence-corrected chi connectivity index (χ0v) is 12.1. The Kier molecular flexibility index (Phi) is 4.66. The second-order valence-corrected chi connectivity index (χ2v) is 5.29. The average molecular weight is 264 g/mol. The van der Waals surface area contributed by atoms with E-state index in [0.29, 0.717) is 12.8 Å². The Bertz CT molecular complexity index is 434. The van der Waals surface area contributed by atoms with E-state index in [1.54, 1.807) is 0 Å². The molecule has 0 spiro atoms. The van der Waals surface area contributed by atoms with Crippen molar-refractivity contribution in [3.8, 4) is 11.5 Å². The highest BCUT2D eigenvalue weighted by Gasteiger charge is 2.16. The number of aryl methyl sites for hydroxylation is 1. The summed E-state index contributed by atoms with van der Waals surface area (Å²) in [6.07, 6.45) is 2.06. The van der Waals surface area contributed by atoms with E-state index in [-0.39, 0.29) is 0 Å². The number of rotatable bonds is 6. The topological polar surface area (TPSA) is 47.7 Å². The highest BCUT2D eigenvalue weighted by molar-refractivity contribution is 5.48. The number of hydrogen-bond acceptors (Lipinski definition) is 4. The standard InChI is InChI=1S/C15H24N2O2/c1-11-8-14-15(19-10-18-14)9-13(11)5-7-17(3)12(2)4-6-16/h8-9,12H,4-7,10,16H2,1-3H3. The molecule has 19 heavy (non-hydrogen) atoms. The Morgan fingerprint density at radius 2 is 2.00 bits per heavy atom. The summed E-state index contributed by atoms with van der Waals surface area (Å²) < 4.78 is 10.8. The van der Waals surface area contributed by atoms with Crippen LogP contribution in [0, 0.1) is 6.92 Å². The van der Waals surface area contributed by atoms with Gasteiger partial charge in [0, 0.05) is 12.6 Å². The van der Waals surface area contributed by atoms with Gasteiger partial charge in [-0.2, -0.15) is 0 Å². The van der Waals surface area contributed by atoms with Crippen LogP contribution in [-0.4, -0.2) is 37.9 Å². The summed E-state index contributed by atoms with van der Waals surface area (Å²) in [6, 6.07) is 4.71. The van der Waals surface area contributed by atoms with Crippen LogP contribution in [0.5, 0.6) is 11.5 Å². The fourth-order valence-electron chi connectivity index (χ4n) is 2.33. The molecule has 1 aliphatic rings. The van der Waals surface area contributed by atoms with Gasteiger partial charge in [0.25, 0.3) is 0 Å². The molecule has 2 N–H and O–H groups in total. The lowest BCUT2D eigenvalue weighted by Gasteiger charge is -2.24. The van der Waals surface area contributed by atoms with E-state index in [1.165, 1.54) is 11.1 Å². The minimum atomic E-state index is 0.339. The van der Waals surface area contributed by atoms with Gasteiger partial charge < -0.3 is 20.1 Å². The number of fused-ring (bicyclic) bond motifs is 1. The maximum absolute atomic E-state index is 5.60. The van der Waals surface area contributed by atoms with Crippen LogP contribution in [0.1, 0.15) is 24.5 Å². The third-order valence-corrected chi connectivity index (χ3v) is 3.90. The maximum Gasteiger partial charge on any atom is 0.231 e. The Hall–Kier alpha value is -1.26. The number of likely N-dealkylation sites (N-methyl/N-ethyl adjacent to an activating group) is 1. The molecule has 0 fully saturated rings. The van der Waals surface area contributed by atoms with Gasteiger partial charge in [-0.25, -0.2) is 0 Å². The molecular weight excluding hydrogens is 240 g/mol. The van der Waals surface area contributed by atoms with Gasteiger partial charge in [0.2, 0.25) is 6.79 Å². The van der Waals surface area contributed by atoms with Crippen molar-refractivity contribution in [2.75, 3.05) is 26.9 Å². The molecule has 1 heterocycles. The van der Waals surface area contributed by atoms with Gasteiger partial charge in [-0.15, -0.1) is 0 Å². The minimum Gasteiger partial charge on any atom is -0.454 e. The molecule has 1 aromatic carbocycles. The van der Waals surface area contributed by atoms with Gasteiger partial charge in [-0.1, -0.05) is 0 Å². The smallest absolute Gasteiger partial charge is 0.231 e. The summed E-state index contributed by atoms with van der Waals surface area (Å²) in [5.74, 6) is 1.74. The van der Waals surface area contributed by atoms with Crippen molar-refractivity contribution in [3.05, 3.63) is 23.3 Å². The van der Waals surface area contributed by atoms with Gasteiger partial charge in [0.05, 0.1) is 0 Å². The van der Waals surface area contributed by atoms with Crippen LogP contribution in [0.4, 0.5) is 0 Å². The second-order valence-electron chi connectivity index (χ2n) is 5.29. The van der Waals surface area contributed by atoms with Gasteiger partial charge in [-0.05, 0) is 63.5 Å². The van der Waals surface area contributed by atoms with Crippen molar-refractivity contribution in [2.45, 2.75) is 32.7 Å². The van der Waals surface area contributed by atoms with Gasteiger partial charge in [-0.3, -0.25) is 0 Å². The van der Waals surface area contributed by atoms with Crippen LogP contribution in [0.2, 0.25) is 0 Å². The first-order valence-corrected chi connectivity index (χ1v) is 6.91. The number of benzene rings is 1. The van der Waals surface area contributed by atoms with E-state index in [0.717, 1.165) is 37.4 Å². The summed E-state index contributed by atoms with van der Waals surface area (Å²) in [7, 11) is 2.16. The van der Waals surface area contributed by atoms with E-state index in [1.807, 2.05) is 0 Å². The Morgan fingerprint density at radius 3 is 2.68 bits per heavy atom. The van der Waals surface area contributed by atoms with Crippen LogP contribution in [0.25, 0.3) is 0 Å². The van der Waals surface area contributed by atoms with E-state index in [2.05, 4.69) is 37.9 Å². The van der Waals surface area contributed by atoms with Crippen molar-refractivity contribution in [1.29, 1.82) is 0 Å². The van der Waals surface area contributed by atoms with Crippen molar-refractivity contribution in [2.24, 2.45) is 5.73 Å². The summed E-state index contributed by atoms with van der Waals surface area (Å²) in [5, 5.41) is 0. The normalized spacial score (nSPS) is 15.0. The molecule has 0 saturated heterocycles. The molecule has 1 atom stereocenters. The van der Waals surface area contributed by atoms with Crippen molar-refractivity contribution >= 4 is 0 Å². The fourth-order valence-corrected chi connectivity index (χ4v) is 2.33. The fraction of sp³-hybridized carbons (Fsp3) is 0.600. The third-order valence-electron chi connectivity index (χ3n) is 3.90. The number of nitrogens with zero attached hydrogens (tertiary/aromatic N) is 1. The molecule has 1 aliphatic heterocycles. The predicted molar refractivity (Wildman–Crippen MR) is 76.8 cm³/mol. The minimum absolute atomic E-state index is 0.339. The van der Waals surface area contributed by atoms with Crippen LogP contribution < -0.4 is 15.2 Å². The van der Waals surface area contributed by atoms with Crippen molar-refractivity contribution in [1.82, 2.24) is 4.90 Å². The summed E-state index contributed by atoms with van der Waals surface area (Å²) >= 11 is 0. The van der Waals surface area contributed by atoms with Crippen LogP contribution in [0.3, 0.4) is 0 Å². The van der Waals surface area contributed by atoms with E-state index < -0.39 is 0 Å². The molecule has 2 rings (SSSR count). The number of nitrogens with two attached hydrogens (primary N) is 1. The van der Waals surface area contributed by atoms with Crippen LogP contribution >= 0.6 is 0 Å². The number of hydrogen-bond donors (Lipinski definition) is 1. The summed E-state index contributed by atoms with van der Waals surface area (Å²) in [4.78, 5) is 2.36. The molecular formula is C15H24N2O2. The highest BCUT2D eigenvalue weighted by Crippen LogP contribution is 2.34. The molecule has 0 saturated carbocycles. The SMILES string of the molecule is Cc1cc2c(cc1CCN(C)C(C)CCN)OCO2. The summed E-state index contributed by atoms with van der Waals surface area (Å²) in [6.45, 7) is 6.46. The third kappa shape index (κ3) is 3.39. The predicted octanol–water partition coefficient (Wildman–Crippen LogP) is 1.94. The molecule has 0 amide bonds. The summed E-state index contributed by atoms with van der Waals surface area (Å²) in [5.41, 5.74) is 8.20.